The number of benzene rings is 1. The lowest BCUT2D eigenvalue weighted by molar-refractivity contribution is -0.111. The van der Waals surface area contributed by atoms with Gasteiger partial charge in [0, 0.05) is 24.0 Å². The molecule has 0 spiro atoms. The standard InChI is InChI=1S/C19H24N2O4S2/c1-4-21(5-2)27(23,24)16-10-11-18(25-6-3)17(14-16)20-19(22)12-9-15-8-7-13-26-15/h7-14H,4-6H2,1-3H3,(H,20,22)/b12-9+. The molecule has 0 bridgehead atoms. The molecule has 0 aliphatic heterocycles. The number of nitrogens with zero attached hydrogens (tertiary/aromatic N) is 1. The van der Waals surface area contributed by atoms with Crippen molar-refractivity contribution in [3.05, 3.63) is 46.7 Å². The number of amides is 1. The van der Waals surface area contributed by atoms with Crippen LogP contribution in [0.15, 0.2) is 46.7 Å². The molecule has 0 radical (unpaired) electrons. The molecule has 146 valence electrons. The van der Waals surface area contributed by atoms with Crippen molar-refractivity contribution in [2.75, 3.05) is 25.0 Å². The number of hydrogen-bond donors (Lipinski definition) is 1. The van der Waals surface area contributed by atoms with Crippen molar-refractivity contribution in [1.29, 1.82) is 0 Å². The topological polar surface area (TPSA) is 75.7 Å². The minimum Gasteiger partial charge on any atom is -0.492 e. The fraction of sp³-hybridized carbons (Fsp3) is 0.316. The fourth-order valence-corrected chi connectivity index (χ4v) is 4.58. The maximum Gasteiger partial charge on any atom is 0.248 e. The number of anilines is 1. The maximum atomic E-state index is 12.7. The lowest BCUT2D eigenvalue weighted by Crippen LogP contribution is -2.30. The van der Waals surface area contributed by atoms with Crippen molar-refractivity contribution in [3.8, 4) is 5.75 Å². The van der Waals surface area contributed by atoms with Crippen molar-refractivity contribution in [1.82, 2.24) is 4.31 Å². The van der Waals surface area contributed by atoms with E-state index in [-0.39, 0.29) is 10.8 Å². The van der Waals surface area contributed by atoms with Crippen LogP contribution >= 0.6 is 11.3 Å². The molecular formula is C19H24N2O4S2. The van der Waals surface area contributed by atoms with Crippen LogP contribution in [-0.4, -0.2) is 38.3 Å². The van der Waals surface area contributed by atoms with Crippen LogP contribution < -0.4 is 10.1 Å². The van der Waals surface area contributed by atoms with E-state index in [0.29, 0.717) is 31.1 Å². The van der Waals surface area contributed by atoms with Crippen molar-refractivity contribution in [2.45, 2.75) is 25.7 Å². The number of rotatable bonds is 9. The molecule has 0 unspecified atom stereocenters. The summed E-state index contributed by atoms with van der Waals surface area (Å²) in [7, 11) is -3.63. The van der Waals surface area contributed by atoms with Crippen LogP contribution in [0.3, 0.4) is 0 Å². The Kier molecular flexibility index (Phi) is 7.58. The molecule has 0 aliphatic rings. The third kappa shape index (κ3) is 5.41. The van der Waals surface area contributed by atoms with Crippen LogP contribution in [0.5, 0.6) is 5.75 Å². The zero-order valence-electron chi connectivity index (χ0n) is 15.6. The Bertz CT molecular complexity index is 886. The van der Waals surface area contributed by atoms with E-state index in [9.17, 15) is 13.2 Å². The molecule has 0 saturated heterocycles. The fourth-order valence-electron chi connectivity index (χ4n) is 2.48. The monoisotopic (exact) mass is 408 g/mol. The predicted octanol–water partition coefficient (Wildman–Crippen LogP) is 3.83. The van der Waals surface area contributed by atoms with E-state index in [1.54, 1.807) is 26.0 Å². The summed E-state index contributed by atoms with van der Waals surface area (Å²) < 4.78 is 32.4. The number of carbonyl (C=O) groups is 1. The number of ether oxygens (including phenoxy) is 1. The Balaban J connectivity index is 2.31. The molecule has 0 saturated carbocycles. The van der Waals surface area contributed by atoms with E-state index in [1.165, 1.54) is 33.9 Å². The van der Waals surface area contributed by atoms with Gasteiger partial charge in [-0.2, -0.15) is 4.31 Å². The summed E-state index contributed by atoms with van der Waals surface area (Å²) in [6, 6.07) is 8.30. The molecule has 1 aromatic heterocycles. The first kappa shape index (κ1) is 21.1. The third-order valence-corrected chi connectivity index (χ3v) is 6.68. The van der Waals surface area contributed by atoms with Gasteiger partial charge in [0.15, 0.2) is 0 Å². The number of carbonyl (C=O) groups excluding carboxylic acids is 1. The number of thiophene rings is 1. The largest absolute Gasteiger partial charge is 0.492 e. The lowest BCUT2D eigenvalue weighted by Gasteiger charge is -2.19. The van der Waals surface area contributed by atoms with Crippen LogP contribution in [0.2, 0.25) is 0 Å². The van der Waals surface area contributed by atoms with Crippen LogP contribution in [0, 0.1) is 0 Å². The second-order valence-electron chi connectivity index (χ2n) is 5.52. The molecule has 1 aromatic carbocycles. The van der Waals surface area contributed by atoms with Gasteiger partial charge in [-0.05, 0) is 42.6 Å². The van der Waals surface area contributed by atoms with E-state index < -0.39 is 10.0 Å². The number of nitrogens with one attached hydrogen (secondary N) is 1. The summed E-state index contributed by atoms with van der Waals surface area (Å²) in [5.74, 6) is 0.0654. The van der Waals surface area contributed by atoms with Crippen LogP contribution in [0.4, 0.5) is 5.69 Å². The quantitative estimate of drug-likeness (QED) is 0.640. The minimum absolute atomic E-state index is 0.118. The van der Waals surface area contributed by atoms with E-state index in [0.717, 1.165) is 4.88 Å². The summed E-state index contributed by atoms with van der Waals surface area (Å²) >= 11 is 1.52. The zero-order valence-corrected chi connectivity index (χ0v) is 17.3. The minimum atomic E-state index is -3.63. The van der Waals surface area contributed by atoms with Gasteiger partial charge in [0.1, 0.15) is 5.75 Å². The van der Waals surface area contributed by atoms with Crippen LogP contribution in [0.25, 0.3) is 6.08 Å². The molecular weight excluding hydrogens is 384 g/mol. The Labute approximate surface area is 164 Å². The number of hydrogen-bond acceptors (Lipinski definition) is 5. The molecule has 1 amide bonds. The zero-order chi connectivity index (χ0) is 19.9. The van der Waals surface area contributed by atoms with Crippen LogP contribution in [0.1, 0.15) is 25.6 Å². The van der Waals surface area contributed by atoms with Gasteiger partial charge in [-0.1, -0.05) is 19.9 Å². The number of sulfonamides is 1. The molecule has 27 heavy (non-hydrogen) atoms. The first-order valence-corrected chi connectivity index (χ1v) is 11.0. The lowest BCUT2D eigenvalue weighted by atomic mass is 10.3. The Morgan fingerprint density at radius 3 is 2.56 bits per heavy atom. The molecule has 0 atom stereocenters. The highest BCUT2D eigenvalue weighted by atomic mass is 32.2. The second kappa shape index (κ2) is 9.68. The van der Waals surface area contributed by atoms with Gasteiger partial charge in [0.05, 0.1) is 17.2 Å². The summed E-state index contributed by atoms with van der Waals surface area (Å²) in [5, 5.41) is 4.64. The van der Waals surface area contributed by atoms with Gasteiger partial charge in [-0.3, -0.25) is 4.79 Å². The van der Waals surface area contributed by atoms with E-state index in [1.807, 2.05) is 24.4 Å². The average molecular weight is 409 g/mol. The molecule has 0 aliphatic carbocycles. The molecule has 1 heterocycles. The van der Waals surface area contributed by atoms with Crippen molar-refractivity contribution in [3.63, 3.8) is 0 Å². The van der Waals surface area contributed by atoms with Crippen LogP contribution in [-0.2, 0) is 14.8 Å². The molecule has 0 fully saturated rings. The molecule has 2 aromatic rings. The van der Waals surface area contributed by atoms with Crippen molar-refractivity contribution >= 4 is 39.0 Å². The van der Waals surface area contributed by atoms with E-state index >= 15 is 0 Å². The normalized spacial score (nSPS) is 11.9. The maximum absolute atomic E-state index is 12.7. The third-order valence-electron chi connectivity index (χ3n) is 3.79. The highest BCUT2D eigenvalue weighted by molar-refractivity contribution is 7.89. The van der Waals surface area contributed by atoms with Gasteiger partial charge < -0.3 is 10.1 Å². The van der Waals surface area contributed by atoms with Gasteiger partial charge >= 0.3 is 0 Å². The summed E-state index contributed by atoms with van der Waals surface area (Å²) in [4.78, 5) is 13.3. The Hall–Kier alpha value is -2.16. The molecule has 2 rings (SSSR count). The summed E-state index contributed by atoms with van der Waals surface area (Å²) in [6.45, 7) is 6.54. The predicted molar refractivity (Wildman–Crippen MR) is 110 cm³/mol. The highest BCUT2D eigenvalue weighted by Gasteiger charge is 2.23. The van der Waals surface area contributed by atoms with E-state index in [4.69, 9.17) is 4.74 Å². The summed E-state index contributed by atoms with van der Waals surface area (Å²) in [6.07, 6.45) is 3.12. The summed E-state index contributed by atoms with van der Waals surface area (Å²) in [5.41, 5.74) is 0.325. The van der Waals surface area contributed by atoms with E-state index in [2.05, 4.69) is 5.32 Å². The van der Waals surface area contributed by atoms with Gasteiger partial charge in [-0.15, -0.1) is 11.3 Å². The SMILES string of the molecule is CCOc1ccc(S(=O)(=O)N(CC)CC)cc1NC(=O)/C=C/c1cccs1. The molecule has 6 nitrogen and oxygen atoms in total. The van der Waals surface area contributed by atoms with Gasteiger partial charge in [0.25, 0.3) is 0 Å². The Morgan fingerprint density at radius 2 is 1.96 bits per heavy atom. The van der Waals surface area contributed by atoms with Gasteiger partial charge in [0.2, 0.25) is 15.9 Å². The first-order chi connectivity index (χ1) is 12.9. The van der Waals surface area contributed by atoms with Crippen molar-refractivity contribution < 1.29 is 17.9 Å². The van der Waals surface area contributed by atoms with Crippen molar-refractivity contribution in [2.24, 2.45) is 0 Å². The second-order valence-corrected chi connectivity index (χ2v) is 8.44. The molecule has 8 heteroatoms. The average Bonchev–Trinajstić information content (AvgIpc) is 3.16. The highest BCUT2D eigenvalue weighted by Crippen LogP contribution is 2.29. The van der Waals surface area contributed by atoms with Gasteiger partial charge in [-0.25, -0.2) is 8.42 Å². The molecule has 1 N–H and O–H groups in total. The Morgan fingerprint density at radius 1 is 1.22 bits per heavy atom. The first-order valence-electron chi connectivity index (χ1n) is 8.71. The smallest absolute Gasteiger partial charge is 0.248 e.